The Kier molecular flexibility index (Phi) is 7.32. The topological polar surface area (TPSA) is 55.8 Å². The van der Waals surface area contributed by atoms with Gasteiger partial charge < -0.3 is 19.4 Å². The fourth-order valence-electron chi connectivity index (χ4n) is 5.58. The highest BCUT2D eigenvalue weighted by atomic mass is 16.5. The normalized spacial score (nSPS) is 29.8. The Morgan fingerprint density at radius 1 is 1.33 bits per heavy atom. The van der Waals surface area contributed by atoms with E-state index in [0.29, 0.717) is 29.3 Å². The molecule has 5 atom stereocenters. The van der Waals surface area contributed by atoms with Crippen LogP contribution in [0.2, 0.25) is 0 Å². The highest BCUT2D eigenvalue weighted by Crippen LogP contribution is 2.60. The number of methoxy groups -OCH3 is 2. The number of rotatable bonds is 6. The smallest absolute Gasteiger partial charge is 0.161 e. The molecule has 1 saturated carbocycles. The molecule has 2 aliphatic rings. The van der Waals surface area contributed by atoms with Gasteiger partial charge in [-0.05, 0) is 61.5 Å². The molecule has 0 aliphatic heterocycles. The largest absolute Gasteiger partial charge is 0.504 e. The molecule has 1 aromatic rings. The van der Waals surface area contributed by atoms with E-state index in [-0.39, 0.29) is 11.5 Å². The lowest BCUT2D eigenvalue weighted by Gasteiger charge is -2.55. The van der Waals surface area contributed by atoms with Crippen molar-refractivity contribution in [3.63, 3.8) is 0 Å². The lowest BCUT2D eigenvalue weighted by atomic mass is 9.49. The summed E-state index contributed by atoms with van der Waals surface area (Å²) >= 11 is 0. The summed E-state index contributed by atoms with van der Waals surface area (Å²) in [7, 11) is 3.20. The van der Waals surface area contributed by atoms with Crippen LogP contribution in [0.15, 0.2) is 12.1 Å². The van der Waals surface area contributed by atoms with Crippen molar-refractivity contribution >= 4 is 6.29 Å². The van der Waals surface area contributed by atoms with Crippen LogP contribution < -0.4 is 4.74 Å². The molecule has 2 aliphatic carbocycles. The van der Waals surface area contributed by atoms with Gasteiger partial charge in [-0.1, -0.05) is 33.8 Å². The standard InChI is InChI=1S/C21H30O4.C2H6/c1-5-21-9-8-13(2)16(17(21)11-15(12-22)24-3)10-14-6-7-18(25-4)20(23)19(14)21;1-2/h6-7,12-13,15-17,23H,5,8-11H2,1-4H3;1-2H3/t13-,15?,16?,17?,21+;/m1./s1. The summed E-state index contributed by atoms with van der Waals surface area (Å²) < 4.78 is 10.8. The molecule has 2 bridgehead atoms. The van der Waals surface area contributed by atoms with Gasteiger partial charge in [0.15, 0.2) is 11.5 Å². The quantitative estimate of drug-likeness (QED) is 0.718. The number of benzene rings is 1. The van der Waals surface area contributed by atoms with Crippen molar-refractivity contribution in [3.8, 4) is 11.5 Å². The third kappa shape index (κ3) is 3.61. The third-order valence-corrected chi connectivity index (χ3v) is 6.98. The molecule has 3 rings (SSSR count). The van der Waals surface area contributed by atoms with E-state index in [1.54, 1.807) is 14.2 Å². The maximum atomic E-state index is 11.4. The van der Waals surface area contributed by atoms with E-state index in [1.165, 1.54) is 5.56 Å². The highest BCUT2D eigenvalue weighted by Gasteiger charge is 2.53. The van der Waals surface area contributed by atoms with E-state index >= 15 is 0 Å². The van der Waals surface area contributed by atoms with Crippen LogP contribution in [0.5, 0.6) is 11.5 Å². The van der Waals surface area contributed by atoms with Crippen molar-refractivity contribution in [2.45, 2.75) is 71.3 Å². The van der Waals surface area contributed by atoms with Crippen LogP contribution >= 0.6 is 0 Å². The average molecular weight is 377 g/mol. The third-order valence-electron chi connectivity index (χ3n) is 6.98. The summed E-state index contributed by atoms with van der Waals surface area (Å²) in [5.74, 6) is 2.31. The predicted octanol–water partition coefficient (Wildman–Crippen LogP) is 4.90. The second-order valence-corrected chi connectivity index (χ2v) is 7.80. The molecule has 1 N–H and O–H groups in total. The van der Waals surface area contributed by atoms with E-state index in [9.17, 15) is 9.90 Å². The first-order chi connectivity index (χ1) is 13.0. The minimum Gasteiger partial charge on any atom is -0.504 e. The molecule has 152 valence electrons. The van der Waals surface area contributed by atoms with Crippen LogP contribution in [-0.2, 0) is 21.4 Å². The Bertz CT molecular complexity index is 642. The lowest BCUT2D eigenvalue weighted by Crippen LogP contribution is -2.51. The number of aldehydes is 1. The number of fused-ring (bicyclic) bond motifs is 4. The summed E-state index contributed by atoms with van der Waals surface area (Å²) in [5.41, 5.74) is 2.19. The van der Waals surface area contributed by atoms with E-state index in [1.807, 2.05) is 19.9 Å². The van der Waals surface area contributed by atoms with Crippen LogP contribution in [0.4, 0.5) is 0 Å². The van der Waals surface area contributed by atoms with Gasteiger partial charge in [0.05, 0.1) is 7.11 Å². The molecule has 4 nitrogen and oxygen atoms in total. The first kappa shape index (κ1) is 21.7. The second kappa shape index (κ2) is 9.09. The minimum atomic E-state index is -0.377. The van der Waals surface area contributed by atoms with Gasteiger partial charge in [0, 0.05) is 18.1 Å². The van der Waals surface area contributed by atoms with Gasteiger partial charge in [-0.2, -0.15) is 0 Å². The molecule has 0 amide bonds. The molecule has 0 saturated heterocycles. The van der Waals surface area contributed by atoms with Crippen molar-refractivity contribution in [2.24, 2.45) is 17.8 Å². The molecule has 0 radical (unpaired) electrons. The fraction of sp³-hybridized carbons (Fsp3) is 0.696. The van der Waals surface area contributed by atoms with Crippen molar-refractivity contribution in [1.29, 1.82) is 0 Å². The number of hydrogen-bond donors (Lipinski definition) is 1. The van der Waals surface area contributed by atoms with E-state index in [4.69, 9.17) is 9.47 Å². The zero-order valence-electron chi connectivity index (χ0n) is 17.7. The minimum absolute atomic E-state index is 0.108. The van der Waals surface area contributed by atoms with E-state index in [0.717, 1.165) is 44.0 Å². The number of aromatic hydroxyl groups is 1. The summed E-state index contributed by atoms with van der Waals surface area (Å²) in [6.07, 6.45) is 5.36. The Labute approximate surface area is 164 Å². The van der Waals surface area contributed by atoms with Gasteiger partial charge in [-0.25, -0.2) is 0 Å². The van der Waals surface area contributed by atoms with Crippen molar-refractivity contribution in [1.82, 2.24) is 0 Å². The number of phenols is 1. The first-order valence-electron chi connectivity index (χ1n) is 10.4. The number of phenolic OH excluding ortho intramolecular Hbond substituents is 1. The van der Waals surface area contributed by atoms with Crippen LogP contribution in [0.1, 0.15) is 64.5 Å². The van der Waals surface area contributed by atoms with Crippen molar-refractivity contribution < 1.29 is 19.4 Å². The number of carbonyl (C=O) groups excluding carboxylic acids is 1. The zero-order chi connectivity index (χ0) is 20.2. The molecule has 27 heavy (non-hydrogen) atoms. The maximum absolute atomic E-state index is 11.4. The van der Waals surface area contributed by atoms with Crippen molar-refractivity contribution in [2.75, 3.05) is 14.2 Å². The van der Waals surface area contributed by atoms with Gasteiger partial charge in [-0.3, -0.25) is 0 Å². The zero-order valence-corrected chi connectivity index (χ0v) is 17.7. The SMILES string of the molecule is CC.CC[C@@]12CC[C@@H](C)C(Cc3ccc(OC)c(O)c31)C2CC(C=O)OC. The van der Waals surface area contributed by atoms with Gasteiger partial charge in [-0.15, -0.1) is 0 Å². The number of carbonyl (C=O) groups is 1. The molecule has 1 aromatic carbocycles. The monoisotopic (exact) mass is 376 g/mol. The number of ether oxygens (including phenoxy) is 2. The first-order valence-corrected chi connectivity index (χ1v) is 10.4. The van der Waals surface area contributed by atoms with Gasteiger partial charge in [0.1, 0.15) is 12.4 Å². The summed E-state index contributed by atoms with van der Waals surface area (Å²) in [5, 5.41) is 10.9. The van der Waals surface area contributed by atoms with Crippen LogP contribution in [-0.4, -0.2) is 31.7 Å². The molecule has 3 unspecified atom stereocenters. The van der Waals surface area contributed by atoms with Gasteiger partial charge in [0.2, 0.25) is 0 Å². The summed E-state index contributed by atoms with van der Waals surface area (Å²) in [4.78, 5) is 11.4. The van der Waals surface area contributed by atoms with Crippen LogP contribution in [0, 0.1) is 17.8 Å². The molecule has 0 aromatic heterocycles. The Morgan fingerprint density at radius 2 is 2.04 bits per heavy atom. The Balaban J connectivity index is 0.00000126. The fourth-order valence-corrected chi connectivity index (χ4v) is 5.58. The molecule has 0 spiro atoms. The average Bonchev–Trinajstić information content (AvgIpc) is 2.70. The van der Waals surface area contributed by atoms with Crippen molar-refractivity contribution in [3.05, 3.63) is 23.3 Å². The Hall–Kier alpha value is -1.55. The van der Waals surface area contributed by atoms with E-state index in [2.05, 4.69) is 19.9 Å². The predicted molar refractivity (Wildman–Crippen MR) is 109 cm³/mol. The second-order valence-electron chi connectivity index (χ2n) is 7.80. The maximum Gasteiger partial charge on any atom is 0.161 e. The van der Waals surface area contributed by atoms with Gasteiger partial charge in [0.25, 0.3) is 0 Å². The number of hydrogen-bond acceptors (Lipinski definition) is 4. The molecular formula is C23H36O4. The van der Waals surface area contributed by atoms with Gasteiger partial charge >= 0.3 is 0 Å². The summed E-state index contributed by atoms with van der Waals surface area (Å²) in [6.45, 7) is 8.53. The lowest BCUT2D eigenvalue weighted by molar-refractivity contribution is -0.119. The van der Waals surface area contributed by atoms with Crippen LogP contribution in [0.25, 0.3) is 0 Å². The molecular weight excluding hydrogens is 340 g/mol. The van der Waals surface area contributed by atoms with E-state index < -0.39 is 0 Å². The molecule has 1 fully saturated rings. The molecule has 4 heteroatoms. The highest BCUT2D eigenvalue weighted by molar-refractivity contribution is 5.58. The van der Waals surface area contributed by atoms with Crippen LogP contribution in [0.3, 0.4) is 0 Å². The Morgan fingerprint density at radius 3 is 2.59 bits per heavy atom. The summed E-state index contributed by atoms with van der Waals surface area (Å²) in [6, 6.07) is 3.99. The molecule has 0 heterocycles.